The average molecular weight is 452 g/mol. The molecule has 0 bridgehead atoms. The van der Waals surface area contributed by atoms with Gasteiger partial charge in [0, 0.05) is 68.3 Å². The zero-order chi connectivity index (χ0) is 20.8. The Bertz CT molecular complexity index is 678. The van der Waals surface area contributed by atoms with Crippen LogP contribution in [0.2, 0.25) is 5.02 Å². The van der Waals surface area contributed by atoms with Gasteiger partial charge in [-0.15, -0.1) is 0 Å². The van der Waals surface area contributed by atoms with Crippen molar-refractivity contribution in [2.24, 2.45) is 5.92 Å². The van der Waals surface area contributed by atoms with E-state index in [-0.39, 0.29) is 0 Å². The van der Waals surface area contributed by atoms with E-state index in [2.05, 4.69) is 26.8 Å². The first-order valence-electron chi connectivity index (χ1n) is 11.3. The third-order valence-corrected chi connectivity index (χ3v) is 7.90. The lowest BCUT2D eigenvalue weighted by atomic mass is 9.86. The third-order valence-electron chi connectivity index (χ3n) is 6.70. The fourth-order valence-corrected chi connectivity index (χ4v) is 6.07. The summed E-state index contributed by atoms with van der Waals surface area (Å²) in [7, 11) is 0. The maximum absolute atomic E-state index is 12.8. The van der Waals surface area contributed by atoms with E-state index in [0.29, 0.717) is 24.3 Å². The van der Waals surface area contributed by atoms with Crippen LogP contribution in [-0.2, 0) is 16.1 Å². The van der Waals surface area contributed by atoms with Crippen molar-refractivity contribution in [3.8, 4) is 0 Å². The standard InChI is InChI=1S/C23H34ClN3O2S/c24-21-4-1-19(2-5-21)17-25-8-7-22(26-9-13-29-14-10-26)20(18-25)3-6-23(28)27-11-15-30-16-12-27/h1-2,4-5,20,22H,3,6-18H2/t20-,22+/m1/s1. The second kappa shape index (κ2) is 11.2. The van der Waals surface area contributed by atoms with Crippen molar-refractivity contribution in [1.29, 1.82) is 0 Å². The van der Waals surface area contributed by atoms with Crippen molar-refractivity contribution in [3.63, 3.8) is 0 Å². The Kier molecular flexibility index (Phi) is 8.35. The van der Waals surface area contributed by atoms with Gasteiger partial charge in [0.25, 0.3) is 0 Å². The highest BCUT2D eigenvalue weighted by Crippen LogP contribution is 2.28. The number of benzene rings is 1. The van der Waals surface area contributed by atoms with E-state index in [1.807, 2.05) is 23.9 Å². The van der Waals surface area contributed by atoms with Crippen LogP contribution in [0.1, 0.15) is 24.8 Å². The van der Waals surface area contributed by atoms with E-state index in [1.165, 1.54) is 12.0 Å². The second-order valence-electron chi connectivity index (χ2n) is 8.66. The van der Waals surface area contributed by atoms with Crippen molar-refractivity contribution >= 4 is 29.3 Å². The minimum Gasteiger partial charge on any atom is -0.379 e. The first kappa shape index (κ1) is 22.4. The predicted octanol–water partition coefficient (Wildman–Crippen LogP) is 3.22. The molecule has 0 saturated carbocycles. The molecule has 3 fully saturated rings. The summed E-state index contributed by atoms with van der Waals surface area (Å²) in [6, 6.07) is 8.78. The molecule has 3 heterocycles. The molecule has 0 spiro atoms. The monoisotopic (exact) mass is 451 g/mol. The molecule has 3 aliphatic rings. The van der Waals surface area contributed by atoms with Crippen molar-refractivity contribution in [2.75, 3.05) is 64.0 Å². The van der Waals surface area contributed by atoms with Crippen molar-refractivity contribution < 1.29 is 9.53 Å². The summed E-state index contributed by atoms with van der Waals surface area (Å²) in [5.41, 5.74) is 1.31. The van der Waals surface area contributed by atoms with Crippen LogP contribution in [0, 0.1) is 5.92 Å². The predicted molar refractivity (Wildman–Crippen MR) is 124 cm³/mol. The quantitative estimate of drug-likeness (QED) is 0.663. The number of morpholine rings is 1. The molecule has 2 atom stereocenters. The largest absolute Gasteiger partial charge is 0.379 e. The number of halogens is 1. The summed E-state index contributed by atoms with van der Waals surface area (Å²) in [5.74, 6) is 3.05. The molecule has 0 aliphatic carbocycles. The molecule has 7 heteroatoms. The van der Waals surface area contributed by atoms with Crippen molar-refractivity contribution in [3.05, 3.63) is 34.9 Å². The number of thioether (sulfide) groups is 1. The molecule has 0 radical (unpaired) electrons. The molecule has 0 aromatic heterocycles. The number of amides is 1. The molecule has 1 aromatic carbocycles. The normalized spacial score (nSPS) is 26.6. The number of hydrogen-bond acceptors (Lipinski definition) is 5. The molecule has 1 aromatic rings. The van der Waals surface area contributed by atoms with Crippen LogP contribution in [0.25, 0.3) is 0 Å². The lowest BCUT2D eigenvalue weighted by Gasteiger charge is -2.45. The Morgan fingerprint density at radius 1 is 1.07 bits per heavy atom. The van der Waals surface area contributed by atoms with E-state index in [1.54, 1.807) is 0 Å². The van der Waals surface area contributed by atoms with E-state index < -0.39 is 0 Å². The maximum Gasteiger partial charge on any atom is 0.222 e. The number of rotatable bonds is 6. The Labute approximate surface area is 190 Å². The number of nitrogens with zero attached hydrogens (tertiary/aromatic N) is 3. The molecular weight excluding hydrogens is 418 g/mol. The Balaban J connectivity index is 1.37. The molecule has 3 saturated heterocycles. The minimum absolute atomic E-state index is 0.353. The summed E-state index contributed by atoms with van der Waals surface area (Å²) < 4.78 is 5.59. The number of piperidine rings is 1. The van der Waals surface area contributed by atoms with Gasteiger partial charge in [-0.1, -0.05) is 23.7 Å². The highest BCUT2D eigenvalue weighted by atomic mass is 35.5. The van der Waals surface area contributed by atoms with E-state index >= 15 is 0 Å². The van der Waals surface area contributed by atoms with Crippen molar-refractivity contribution in [1.82, 2.24) is 14.7 Å². The van der Waals surface area contributed by atoms with Gasteiger partial charge in [0.15, 0.2) is 0 Å². The molecule has 3 aliphatic heterocycles. The SMILES string of the molecule is O=C(CC[C@@H]1CN(Cc2ccc(Cl)cc2)CC[C@@H]1N1CCOCC1)N1CCSCC1. The van der Waals surface area contributed by atoms with Gasteiger partial charge < -0.3 is 9.64 Å². The second-order valence-corrected chi connectivity index (χ2v) is 10.3. The van der Waals surface area contributed by atoms with Gasteiger partial charge in [0.05, 0.1) is 13.2 Å². The number of hydrogen-bond donors (Lipinski definition) is 0. The van der Waals surface area contributed by atoms with Crippen LogP contribution in [0.15, 0.2) is 24.3 Å². The lowest BCUT2D eigenvalue weighted by molar-refractivity contribution is -0.131. The van der Waals surface area contributed by atoms with Gasteiger partial charge in [0.1, 0.15) is 0 Å². The summed E-state index contributed by atoms with van der Waals surface area (Å²) in [4.78, 5) is 20.0. The van der Waals surface area contributed by atoms with Gasteiger partial charge in [0.2, 0.25) is 5.91 Å². The Morgan fingerprint density at radius 2 is 1.80 bits per heavy atom. The molecule has 0 N–H and O–H groups in total. The van der Waals surface area contributed by atoms with Crippen LogP contribution in [0.4, 0.5) is 0 Å². The first-order chi connectivity index (χ1) is 14.7. The van der Waals surface area contributed by atoms with Gasteiger partial charge in [-0.2, -0.15) is 11.8 Å². The molecule has 30 heavy (non-hydrogen) atoms. The number of carbonyl (C=O) groups is 1. The Hall–Kier alpha value is -0.790. The number of ether oxygens (including phenoxy) is 1. The molecular formula is C23H34ClN3O2S. The molecule has 5 nitrogen and oxygen atoms in total. The smallest absolute Gasteiger partial charge is 0.222 e. The maximum atomic E-state index is 12.8. The van der Waals surface area contributed by atoms with Gasteiger partial charge in [-0.25, -0.2) is 0 Å². The molecule has 0 unspecified atom stereocenters. The van der Waals surface area contributed by atoms with Crippen LogP contribution < -0.4 is 0 Å². The zero-order valence-corrected chi connectivity index (χ0v) is 19.4. The summed E-state index contributed by atoms with van der Waals surface area (Å²) >= 11 is 8.01. The summed E-state index contributed by atoms with van der Waals surface area (Å²) in [6.07, 6.45) is 2.85. The fourth-order valence-electron chi connectivity index (χ4n) is 5.04. The van der Waals surface area contributed by atoms with E-state index in [9.17, 15) is 4.79 Å². The molecule has 4 rings (SSSR count). The lowest BCUT2D eigenvalue weighted by Crippen LogP contribution is -2.54. The van der Waals surface area contributed by atoms with E-state index in [4.69, 9.17) is 16.3 Å². The van der Waals surface area contributed by atoms with Crippen LogP contribution in [0.5, 0.6) is 0 Å². The number of carbonyl (C=O) groups excluding carboxylic acids is 1. The molecule has 1 amide bonds. The first-order valence-corrected chi connectivity index (χ1v) is 12.9. The van der Waals surface area contributed by atoms with Crippen LogP contribution in [-0.4, -0.2) is 90.6 Å². The topological polar surface area (TPSA) is 36.0 Å². The molecule has 166 valence electrons. The van der Waals surface area contributed by atoms with Crippen LogP contribution >= 0.6 is 23.4 Å². The van der Waals surface area contributed by atoms with Crippen molar-refractivity contribution in [2.45, 2.75) is 31.8 Å². The highest BCUT2D eigenvalue weighted by molar-refractivity contribution is 7.99. The van der Waals surface area contributed by atoms with Gasteiger partial charge in [-0.3, -0.25) is 14.6 Å². The third kappa shape index (κ3) is 6.13. The minimum atomic E-state index is 0.353. The zero-order valence-electron chi connectivity index (χ0n) is 17.8. The average Bonchev–Trinajstić information content (AvgIpc) is 2.80. The number of likely N-dealkylation sites (tertiary alicyclic amines) is 1. The Morgan fingerprint density at radius 3 is 2.53 bits per heavy atom. The summed E-state index contributed by atoms with van der Waals surface area (Å²) in [6.45, 7) is 8.69. The van der Waals surface area contributed by atoms with E-state index in [0.717, 1.165) is 82.0 Å². The van der Waals surface area contributed by atoms with Gasteiger partial charge >= 0.3 is 0 Å². The highest BCUT2D eigenvalue weighted by Gasteiger charge is 2.34. The van der Waals surface area contributed by atoms with Gasteiger partial charge in [-0.05, 0) is 43.0 Å². The fraction of sp³-hybridized carbons (Fsp3) is 0.696. The van der Waals surface area contributed by atoms with Crippen LogP contribution in [0.3, 0.4) is 0 Å². The summed E-state index contributed by atoms with van der Waals surface area (Å²) in [5, 5.41) is 0.789.